The largest absolute Gasteiger partial charge is 0.493 e. The van der Waals surface area contributed by atoms with Crippen LogP contribution in [0.3, 0.4) is 0 Å². The molecule has 0 spiro atoms. The monoisotopic (exact) mass is 412 g/mol. The SMILES string of the molecule is CCNC(=O)[C@H](CC)N(Cc1ccccc1)C(=O)CCc1ccc(OC)c(OC)c1. The fourth-order valence-electron chi connectivity index (χ4n) is 3.42. The standard InChI is InChI=1S/C24H32N2O4/c1-5-20(24(28)25-6-2)26(17-19-10-8-7-9-11-19)23(27)15-13-18-12-14-21(29-3)22(16-18)30-4/h7-12,14,16,20H,5-6,13,15,17H2,1-4H3,(H,25,28)/t20-/m0/s1. The zero-order chi connectivity index (χ0) is 21.9. The van der Waals surface area contributed by atoms with Crippen LogP contribution in [0, 0.1) is 0 Å². The lowest BCUT2D eigenvalue weighted by molar-refractivity contribution is -0.141. The zero-order valence-electron chi connectivity index (χ0n) is 18.3. The Balaban J connectivity index is 2.18. The fraction of sp³-hybridized carbons (Fsp3) is 0.417. The molecule has 30 heavy (non-hydrogen) atoms. The molecule has 0 unspecified atom stereocenters. The van der Waals surface area contributed by atoms with Gasteiger partial charge in [-0.3, -0.25) is 9.59 Å². The maximum Gasteiger partial charge on any atom is 0.242 e. The summed E-state index contributed by atoms with van der Waals surface area (Å²) in [5.41, 5.74) is 1.98. The first kappa shape index (κ1) is 23.3. The molecule has 2 aromatic rings. The van der Waals surface area contributed by atoms with Crippen molar-refractivity contribution in [3.8, 4) is 11.5 Å². The van der Waals surface area contributed by atoms with Crippen LogP contribution in [0.15, 0.2) is 48.5 Å². The molecule has 0 aliphatic heterocycles. The number of nitrogens with one attached hydrogen (secondary N) is 1. The highest BCUT2D eigenvalue weighted by Gasteiger charge is 2.28. The minimum absolute atomic E-state index is 0.0493. The molecule has 0 saturated heterocycles. The van der Waals surface area contributed by atoms with Crippen LogP contribution in [0.2, 0.25) is 0 Å². The molecular formula is C24H32N2O4. The van der Waals surface area contributed by atoms with Gasteiger partial charge in [0, 0.05) is 19.5 Å². The van der Waals surface area contributed by atoms with Gasteiger partial charge < -0.3 is 19.7 Å². The summed E-state index contributed by atoms with van der Waals surface area (Å²) in [5.74, 6) is 1.13. The molecule has 0 fully saturated rings. The second-order valence-corrected chi connectivity index (χ2v) is 7.02. The number of likely N-dealkylation sites (N-methyl/N-ethyl adjacent to an activating group) is 1. The van der Waals surface area contributed by atoms with Crippen LogP contribution in [0.5, 0.6) is 11.5 Å². The van der Waals surface area contributed by atoms with Crippen LogP contribution < -0.4 is 14.8 Å². The molecule has 6 nitrogen and oxygen atoms in total. The van der Waals surface area contributed by atoms with Gasteiger partial charge in [0.2, 0.25) is 11.8 Å². The highest BCUT2D eigenvalue weighted by molar-refractivity contribution is 5.87. The Hall–Kier alpha value is -3.02. The van der Waals surface area contributed by atoms with Gasteiger partial charge in [-0.25, -0.2) is 0 Å². The third-order valence-corrected chi connectivity index (χ3v) is 5.01. The Bertz CT molecular complexity index is 823. The zero-order valence-corrected chi connectivity index (χ0v) is 18.3. The maximum absolute atomic E-state index is 13.2. The van der Waals surface area contributed by atoms with Crippen molar-refractivity contribution in [1.29, 1.82) is 0 Å². The van der Waals surface area contributed by atoms with Gasteiger partial charge in [-0.05, 0) is 43.0 Å². The van der Waals surface area contributed by atoms with Crippen LogP contribution in [0.25, 0.3) is 0 Å². The number of hydrogen-bond donors (Lipinski definition) is 1. The van der Waals surface area contributed by atoms with Crippen molar-refractivity contribution in [1.82, 2.24) is 10.2 Å². The molecule has 162 valence electrons. The van der Waals surface area contributed by atoms with Crippen molar-refractivity contribution >= 4 is 11.8 Å². The summed E-state index contributed by atoms with van der Waals surface area (Å²) in [6, 6.07) is 14.9. The van der Waals surface area contributed by atoms with E-state index in [9.17, 15) is 9.59 Å². The lowest BCUT2D eigenvalue weighted by Crippen LogP contribution is -2.49. The topological polar surface area (TPSA) is 67.9 Å². The van der Waals surface area contributed by atoms with Crippen LogP contribution in [-0.2, 0) is 22.6 Å². The molecule has 0 aliphatic rings. The first-order chi connectivity index (χ1) is 14.5. The fourth-order valence-corrected chi connectivity index (χ4v) is 3.42. The Morgan fingerprint density at radius 3 is 2.27 bits per heavy atom. The molecule has 0 radical (unpaired) electrons. The van der Waals surface area contributed by atoms with Gasteiger partial charge in [0.25, 0.3) is 0 Å². The molecule has 2 rings (SSSR count). The molecule has 0 aromatic heterocycles. The van der Waals surface area contributed by atoms with Crippen molar-refractivity contribution in [2.75, 3.05) is 20.8 Å². The number of carbonyl (C=O) groups is 2. The smallest absolute Gasteiger partial charge is 0.242 e. The third-order valence-electron chi connectivity index (χ3n) is 5.01. The molecule has 0 saturated carbocycles. The minimum atomic E-state index is -0.497. The second-order valence-electron chi connectivity index (χ2n) is 7.02. The van der Waals surface area contributed by atoms with E-state index in [0.29, 0.717) is 43.9 Å². The van der Waals surface area contributed by atoms with Gasteiger partial charge >= 0.3 is 0 Å². The van der Waals surface area contributed by atoms with Crippen LogP contribution in [0.1, 0.15) is 37.8 Å². The van der Waals surface area contributed by atoms with E-state index in [0.717, 1.165) is 11.1 Å². The summed E-state index contributed by atoms with van der Waals surface area (Å²) in [4.78, 5) is 27.5. The first-order valence-corrected chi connectivity index (χ1v) is 10.4. The highest BCUT2D eigenvalue weighted by Crippen LogP contribution is 2.28. The number of nitrogens with zero attached hydrogens (tertiary/aromatic N) is 1. The number of amides is 2. The molecule has 1 atom stereocenters. The lowest BCUT2D eigenvalue weighted by atomic mass is 10.1. The predicted molar refractivity (Wildman–Crippen MR) is 118 cm³/mol. The average molecular weight is 413 g/mol. The highest BCUT2D eigenvalue weighted by atomic mass is 16.5. The molecule has 2 amide bonds. The average Bonchev–Trinajstić information content (AvgIpc) is 2.77. The molecule has 0 bridgehead atoms. The summed E-state index contributed by atoms with van der Waals surface area (Å²) in [5, 5.41) is 2.86. The van der Waals surface area contributed by atoms with Gasteiger partial charge in [0.05, 0.1) is 14.2 Å². The molecule has 1 N–H and O–H groups in total. The quantitative estimate of drug-likeness (QED) is 0.613. The van der Waals surface area contributed by atoms with E-state index in [2.05, 4.69) is 5.32 Å². The molecule has 2 aromatic carbocycles. The van der Waals surface area contributed by atoms with Gasteiger partial charge in [-0.15, -0.1) is 0 Å². The van der Waals surface area contributed by atoms with Crippen molar-refractivity contribution in [2.45, 2.75) is 45.7 Å². The van der Waals surface area contributed by atoms with Gasteiger partial charge in [-0.2, -0.15) is 0 Å². The maximum atomic E-state index is 13.2. The van der Waals surface area contributed by atoms with E-state index in [1.807, 2.05) is 62.4 Å². The van der Waals surface area contributed by atoms with Gasteiger partial charge in [-0.1, -0.05) is 43.3 Å². The van der Waals surface area contributed by atoms with Crippen molar-refractivity contribution in [3.63, 3.8) is 0 Å². The number of aryl methyl sites for hydroxylation is 1. The summed E-state index contributed by atoms with van der Waals surface area (Å²) in [7, 11) is 3.18. The summed E-state index contributed by atoms with van der Waals surface area (Å²) >= 11 is 0. The number of rotatable bonds is 11. The Morgan fingerprint density at radius 2 is 1.67 bits per heavy atom. The van der Waals surface area contributed by atoms with E-state index < -0.39 is 6.04 Å². The van der Waals surface area contributed by atoms with Crippen LogP contribution in [0.4, 0.5) is 0 Å². The minimum Gasteiger partial charge on any atom is -0.493 e. The van der Waals surface area contributed by atoms with E-state index in [-0.39, 0.29) is 11.8 Å². The Labute approximate surface area is 179 Å². The Kier molecular flexibility index (Phi) is 9.19. The van der Waals surface area contributed by atoms with Crippen molar-refractivity contribution < 1.29 is 19.1 Å². The van der Waals surface area contributed by atoms with E-state index in [4.69, 9.17) is 9.47 Å². The number of methoxy groups -OCH3 is 2. The number of benzene rings is 2. The van der Waals surface area contributed by atoms with E-state index in [1.54, 1.807) is 19.1 Å². The first-order valence-electron chi connectivity index (χ1n) is 10.4. The van der Waals surface area contributed by atoms with E-state index >= 15 is 0 Å². The molecule has 0 aliphatic carbocycles. The van der Waals surface area contributed by atoms with Crippen molar-refractivity contribution in [2.24, 2.45) is 0 Å². The summed E-state index contributed by atoms with van der Waals surface area (Å²) in [6.07, 6.45) is 1.41. The molecule has 6 heteroatoms. The lowest BCUT2D eigenvalue weighted by Gasteiger charge is -2.30. The van der Waals surface area contributed by atoms with Crippen LogP contribution in [-0.4, -0.2) is 43.5 Å². The summed E-state index contributed by atoms with van der Waals surface area (Å²) in [6.45, 7) is 4.75. The molecule has 0 heterocycles. The number of ether oxygens (including phenoxy) is 2. The van der Waals surface area contributed by atoms with Gasteiger partial charge in [0.1, 0.15) is 6.04 Å². The number of carbonyl (C=O) groups excluding carboxylic acids is 2. The Morgan fingerprint density at radius 1 is 0.967 bits per heavy atom. The summed E-state index contributed by atoms with van der Waals surface area (Å²) < 4.78 is 10.6. The normalized spacial score (nSPS) is 11.5. The van der Waals surface area contributed by atoms with E-state index in [1.165, 1.54) is 0 Å². The van der Waals surface area contributed by atoms with Gasteiger partial charge in [0.15, 0.2) is 11.5 Å². The van der Waals surface area contributed by atoms with Crippen LogP contribution >= 0.6 is 0 Å². The third kappa shape index (κ3) is 6.24. The second kappa shape index (κ2) is 11.9. The molecular weight excluding hydrogens is 380 g/mol. The number of hydrogen-bond acceptors (Lipinski definition) is 4. The van der Waals surface area contributed by atoms with Crippen molar-refractivity contribution in [3.05, 3.63) is 59.7 Å². The predicted octanol–water partition coefficient (Wildman–Crippen LogP) is 3.58.